The molecule has 0 aliphatic carbocycles. The molecule has 2 aromatic heterocycles. The predicted octanol–water partition coefficient (Wildman–Crippen LogP) is 4.73. The highest BCUT2D eigenvalue weighted by Crippen LogP contribution is 2.33. The number of carbonyl (C=O) groups is 1. The van der Waals surface area contributed by atoms with E-state index in [1.54, 1.807) is 35.9 Å². The largest absolute Gasteiger partial charge is 0.495 e. The van der Waals surface area contributed by atoms with Gasteiger partial charge in [-0.3, -0.25) is 4.79 Å². The minimum atomic E-state index is -0.313. The number of ether oxygens (including phenoxy) is 2. The quantitative estimate of drug-likeness (QED) is 0.431. The number of hydrogen-bond acceptors (Lipinski definition) is 7. The Morgan fingerprint density at radius 3 is 2.68 bits per heavy atom. The molecule has 1 N–H and O–H groups in total. The first kappa shape index (κ1) is 21.1. The van der Waals surface area contributed by atoms with Crippen molar-refractivity contribution in [3.05, 3.63) is 52.8 Å². The van der Waals surface area contributed by atoms with E-state index in [9.17, 15) is 4.79 Å². The fraction of sp³-hybridized carbons (Fsp3) is 0.238. The minimum absolute atomic E-state index is 0.313. The number of anilines is 1. The van der Waals surface area contributed by atoms with Crippen LogP contribution in [0, 0.1) is 0 Å². The minimum Gasteiger partial charge on any atom is -0.495 e. The molecule has 1 amide bonds. The van der Waals surface area contributed by atoms with Gasteiger partial charge in [-0.15, -0.1) is 10.2 Å². The fourth-order valence-corrected chi connectivity index (χ4v) is 4.13. The lowest BCUT2D eigenvalue weighted by Crippen LogP contribution is -2.13. The van der Waals surface area contributed by atoms with Crippen LogP contribution >= 0.6 is 22.9 Å². The van der Waals surface area contributed by atoms with E-state index in [0.29, 0.717) is 34.4 Å². The van der Waals surface area contributed by atoms with E-state index in [4.69, 9.17) is 21.1 Å². The third kappa shape index (κ3) is 4.19. The Bertz CT molecular complexity index is 1250. The first-order chi connectivity index (χ1) is 15.0. The monoisotopic (exact) mass is 457 g/mol. The van der Waals surface area contributed by atoms with Crippen LogP contribution in [-0.4, -0.2) is 39.4 Å². The van der Waals surface area contributed by atoms with Crippen LogP contribution in [0.2, 0.25) is 5.02 Å². The molecular weight excluding hydrogens is 438 g/mol. The molecule has 0 spiro atoms. The van der Waals surface area contributed by atoms with E-state index in [2.05, 4.69) is 20.6 Å². The van der Waals surface area contributed by atoms with E-state index >= 15 is 0 Å². The molecule has 0 saturated heterocycles. The SMILES string of the molecule is CCOc1ccc(C(=O)Nc2cc(-c3nn4c(CC)nnc4s3)ccc2OC)cc1Cl. The molecule has 160 valence electrons. The Labute approximate surface area is 187 Å². The number of benzene rings is 2. The second-order valence-electron chi connectivity index (χ2n) is 6.52. The van der Waals surface area contributed by atoms with Gasteiger partial charge in [0.25, 0.3) is 5.91 Å². The maximum atomic E-state index is 12.8. The van der Waals surface area contributed by atoms with Crippen LogP contribution < -0.4 is 14.8 Å². The molecule has 0 saturated carbocycles. The molecule has 10 heteroatoms. The normalized spacial score (nSPS) is 11.0. The smallest absolute Gasteiger partial charge is 0.255 e. The van der Waals surface area contributed by atoms with Crippen LogP contribution in [0.4, 0.5) is 5.69 Å². The standard InChI is InChI=1S/C21H20ClN5O3S/c1-4-18-24-25-21-27(18)26-20(31-21)13-7-9-17(29-3)15(11-13)23-19(28)12-6-8-16(30-5-2)14(22)10-12/h6-11H,4-5H2,1-3H3,(H,23,28). The molecule has 0 bridgehead atoms. The molecule has 31 heavy (non-hydrogen) atoms. The van der Waals surface area contributed by atoms with Gasteiger partial charge in [0.05, 0.1) is 24.4 Å². The third-order valence-corrected chi connectivity index (χ3v) is 5.80. The molecule has 4 rings (SSSR count). The Morgan fingerprint density at radius 2 is 1.97 bits per heavy atom. The summed E-state index contributed by atoms with van der Waals surface area (Å²) in [5.74, 6) is 1.56. The highest BCUT2D eigenvalue weighted by Gasteiger charge is 2.16. The van der Waals surface area contributed by atoms with E-state index in [1.165, 1.54) is 11.3 Å². The first-order valence-electron chi connectivity index (χ1n) is 9.67. The summed E-state index contributed by atoms with van der Waals surface area (Å²) in [6, 6.07) is 10.4. The number of nitrogens with one attached hydrogen (secondary N) is 1. The second kappa shape index (κ2) is 8.91. The summed E-state index contributed by atoms with van der Waals surface area (Å²) in [6.45, 7) is 4.37. The van der Waals surface area contributed by atoms with Crippen LogP contribution in [-0.2, 0) is 6.42 Å². The molecule has 0 aliphatic heterocycles. The number of hydrogen-bond donors (Lipinski definition) is 1. The van der Waals surface area contributed by atoms with Crippen LogP contribution in [0.3, 0.4) is 0 Å². The van der Waals surface area contributed by atoms with Crippen molar-refractivity contribution in [3.63, 3.8) is 0 Å². The van der Waals surface area contributed by atoms with Crippen LogP contribution in [0.5, 0.6) is 11.5 Å². The van der Waals surface area contributed by atoms with Gasteiger partial charge >= 0.3 is 0 Å². The third-order valence-electron chi connectivity index (χ3n) is 4.56. The average Bonchev–Trinajstić information content (AvgIpc) is 3.36. The Hall–Kier alpha value is -3.17. The Morgan fingerprint density at radius 1 is 1.16 bits per heavy atom. The topological polar surface area (TPSA) is 90.6 Å². The van der Waals surface area contributed by atoms with Gasteiger partial charge in [0, 0.05) is 17.5 Å². The molecule has 0 fully saturated rings. The van der Waals surface area contributed by atoms with Crippen molar-refractivity contribution in [2.45, 2.75) is 20.3 Å². The molecule has 0 radical (unpaired) electrons. The molecule has 4 aromatic rings. The Kier molecular flexibility index (Phi) is 6.06. The van der Waals surface area contributed by atoms with E-state index in [0.717, 1.165) is 27.8 Å². The number of amides is 1. The van der Waals surface area contributed by atoms with Gasteiger partial charge < -0.3 is 14.8 Å². The summed E-state index contributed by atoms with van der Waals surface area (Å²) in [6.07, 6.45) is 0.735. The van der Waals surface area contributed by atoms with Crippen molar-refractivity contribution in [3.8, 4) is 22.1 Å². The second-order valence-corrected chi connectivity index (χ2v) is 7.88. The van der Waals surface area contributed by atoms with Gasteiger partial charge in [-0.05, 0) is 43.3 Å². The molecule has 0 atom stereocenters. The summed E-state index contributed by atoms with van der Waals surface area (Å²) in [5, 5.41) is 16.9. The van der Waals surface area contributed by atoms with E-state index in [-0.39, 0.29) is 5.91 Å². The summed E-state index contributed by atoms with van der Waals surface area (Å²) in [5.41, 5.74) is 1.77. The van der Waals surface area contributed by atoms with Crippen LogP contribution in [0.15, 0.2) is 36.4 Å². The fourth-order valence-electron chi connectivity index (χ4n) is 3.04. The van der Waals surface area contributed by atoms with Crippen molar-refractivity contribution in [1.29, 1.82) is 0 Å². The van der Waals surface area contributed by atoms with Gasteiger partial charge in [0.15, 0.2) is 5.82 Å². The zero-order chi connectivity index (χ0) is 22.0. The molecule has 2 aromatic carbocycles. The summed E-state index contributed by atoms with van der Waals surface area (Å²) >= 11 is 7.65. The van der Waals surface area contributed by atoms with Gasteiger partial charge in [0.2, 0.25) is 4.96 Å². The number of aromatic nitrogens is 4. The number of rotatable bonds is 7. The number of nitrogens with zero attached hydrogens (tertiary/aromatic N) is 4. The van der Waals surface area contributed by atoms with Crippen molar-refractivity contribution in [2.24, 2.45) is 0 Å². The molecule has 8 nitrogen and oxygen atoms in total. The Balaban J connectivity index is 1.63. The number of aryl methyl sites for hydroxylation is 1. The zero-order valence-corrected chi connectivity index (χ0v) is 18.8. The van der Waals surface area contributed by atoms with E-state index < -0.39 is 0 Å². The van der Waals surface area contributed by atoms with Crippen molar-refractivity contribution < 1.29 is 14.3 Å². The summed E-state index contributed by atoms with van der Waals surface area (Å²) in [7, 11) is 1.55. The average molecular weight is 458 g/mol. The van der Waals surface area contributed by atoms with Crippen molar-refractivity contribution in [2.75, 3.05) is 19.0 Å². The maximum Gasteiger partial charge on any atom is 0.255 e. The van der Waals surface area contributed by atoms with Gasteiger partial charge in [0.1, 0.15) is 16.5 Å². The molecule has 0 aliphatic rings. The maximum absolute atomic E-state index is 12.8. The first-order valence-corrected chi connectivity index (χ1v) is 10.9. The summed E-state index contributed by atoms with van der Waals surface area (Å²) in [4.78, 5) is 13.6. The van der Waals surface area contributed by atoms with Gasteiger partial charge in [-0.2, -0.15) is 9.61 Å². The highest BCUT2D eigenvalue weighted by molar-refractivity contribution is 7.19. The lowest BCUT2D eigenvalue weighted by Gasteiger charge is -2.12. The lowest BCUT2D eigenvalue weighted by molar-refractivity contribution is 0.102. The van der Waals surface area contributed by atoms with Crippen LogP contribution in [0.1, 0.15) is 30.0 Å². The lowest BCUT2D eigenvalue weighted by atomic mass is 10.1. The number of carbonyl (C=O) groups excluding carboxylic acids is 1. The molecular formula is C21H20ClN5O3S. The van der Waals surface area contributed by atoms with Crippen LogP contribution in [0.25, 0.3) is 15.5 Å². The molecule has 2 heterocycles. The van der Waals surface area contributed by atoms with Gasteiger partial charge in [-0.25, -0.2) is 0 Å². The highest BCUT2D eigenvalue weighted by atomic mass is 35.5. The zero-order valence-electron chi connectivity index (χ0n) is 17.2. The number of halogens is 1. The summed E-state index contributed by atoms with van der Waals surface area (Å²) < 4.78 is 12.6. The molecule has 0 unspecified atom stereocenters. The predicted molar refractivity (Wildman–Crippen MR) is 121 cm³/mol. The van der Waals surface area contributed by atoms with E-state index in [1.807, 2.05) is 26.0 Å². The number of methoxy groups -OCH3 is 1. The number of fused-ring (bicyclic) bond motifs is 1. The van der Waals surface area contributed by atoms with Crippen molar-refractivity contribution >= 4 is 39.5 Å². The van der Waals surface area contributed by atoms with Crippen molar-refractivity contribution in [1.82, 2.24) is 19.8 Å². The van der Waals surface area contributed by atoms with Gasteiger partial charge in [-0.1, -0.05) is 29.9 Å².